The average molecular weight is 231 g/mol. The highest BCUT2D eigenvalue weighted by molar-refractivity contribution is 7.09. The van der Waals surface area contributed by atoms with Crippen molar-refractivity contribution in [3.05, 3.63) is 0 Å². The van der Waals surface area contributed by atoms with Crippen molar-refractivity contribution in [3.63, 3.8) is 0 Å². The Bertz CT molecular complexity index is 363. The lowest BCUT2D eigenvalue weighted by molar-refractivity contribution is -0.142. The van der Waals surface area contributed by atoms with E-state index in [1.807, 2.05) is 0 Å². The molecular weight excluding hydrogens is 222 g/mol. The highest BCUT2D eigenvalue weighted by Gasteiger charge is 2.29. The van der Waals surface area contributed by atoms with Gasteiger partial charge in [0.25, 0.3) is 0 Å². The van der Waals surface area contributed by atoms with E-state index >= 15 is 0 Å². The molecule has 1 aromatic rings. The number of carbonyl (C=O) groups is 2. The first-order valence-corrected chi connectivity index (χ1v) is 4.67. The van der Waals surface area contributed by atoms with Crippen LogP contribution in [0.4, 0.5) is 9.93 Å². The number of nitrogens with one attached hydrogen (secondary N) is 2. The number of hydrogen-bond acceptors (Lipinski definition) is 6. The summed E-state index contributed by atoms with van der Waals surface area (Å²) in [4.78, 5) is 21.9. The third-order valence-corrected chi connectivity index (χ3v) is 1.99. The van der Waals surface area contributed by atoms with Crippen LogP contribution in [0.15, 0.2) is 0 Å². The Kier molecular flexibility index (Phi) is 3.14. The number of urea groups is 1. The van der Waals surface area contributed by atoms with Gasteiger partial charge in [-0.2, -0.15) is 0 Å². The summed E-state index contributed by atoms with van der Waals surface area (Å²) >= 11 is 0.894. The molecule has 82 valence electrons. The van der Waals surface area contributed by atoms with E-state index in [0.29, 0.717) is 0 Å². The van der Waals surface area contributed by atoms with Crippen LogP contribution in [0.2, 0.25) is 0 Å². The van der Waals surface area contributed by atoms with Gasteiger partial charge in [-0.1, -0.05) is 9.59 Å². The zero-order valence-electron chi connectivity index (χ0n) is 8.01. The molecule has 0 saturated heterocycles. The number of hydrogen-bond donors (Lipinski definition) is 3. The number of aliphatic carboxylic acids is 1. The predicted octanol–water partition coefficient (Wildman–Crippen LogP) is -0.0822. The molecule has 0 radical (unpaired) electrons. The molecule has 0 aliphatic heterocycles. The Morgan fingerprint density at radius 2 is 2.13 bits per heavy atom. The Labute approximate surface area is 88.9 Å². The van der Waals surface area contributed by atoms with E-state index in [9.17, 15) is 9.59 Å². The Morgan fingerprint density at radius 3 is 2.60 bits per heavy atom. The summed E-state index contributed by atoms with van der Waals surface area (Å²) in [6, 6.07) is -0.666. The molecule has 0 unspecified atom stereocenters. The van der Waals surface area contributed by atoms with Gasteiger partial charge in [0.05, 0.1) is 0 Å². The second-order valence-corrected chi connectivity index (χ2v) is 3.91. The molecule has 0 atom stereocenters. The normalized spacial score (nSPS) is 10.8. The number of carboxylic acid groups (broad SMARTS) is 1. The summed E-state index contributed by atoms with van der Waals surface area (Å²) in [7, 11) is 0. The largest absolute Gasteiger partial charge is 0.480 e. The van der Waals surface area contributed by atoms with Crippen molar-refractivity contribution in [1.29, 1.82) is 0 Å². The lowest BCUT2D eigenvalue weighted by Crippen LogP contribution is -2.51. The van der Waals surface area contributed by atoms with Crippen molar-refractivity contribution in [1.82, 2.24) is 20.1 Å². The van der Waals surface area contributed by atoms with Crippen molar-refractivity contribution in [3.8, 4) is 0 Å². The zero-order valence-corrected chi connectivity index (χ0v) is 8.83. The molecule has 1 aromatic heterocycles. The van der Waals surface area contributed by atoms with Gasteiger partial charge in [-0.15, -0.1) is 0 Å². The zero-order chi connectivity index (χ0) is 11.5. The molecule has 1 rings (SSSR count). The average Bonchev–Trinajstić information content (AvgIpc) is 2.54. The first-order chi connectivity index (χ1) is 6.92. The van der Waals surface area contributed by atoms with E-state index in [4.69, 9.17) is 5.11 Å². The molecule has 0 fully saturated rings. The van der Waals surface area contributed by atoms with E-state index in [1.54, 1.807) is 0 Å². The SMILES string of the molecule is CC(C)(NC(=O)Nc1nnns1)C(=O)O. The van der Waals surface area contributed by atoms with Gasteiger partial charge in [-0.3, -0.25) is 5.32 Å². The van der Waals surface area contributed by atoms with E-state index in [0.717, 1.165) is 11.5 Å². The number of amides is 2. The van der Waals surface area contributed by atoms with Gasteiger partial charge in [0.1, 0.15) is 5.54 Å². The number of anilines is 1. The maximum atomic E-state index is 11.3. The molecule has 0 aliphatic rings. The molecule has 2 amide bonds. The summed E-state index contributed by atoms with van der Waals surface area (Å²) in [5, 5.41) is 20.2. The maximum Gasteiger partial charge on any atom is 0.328 e. The van der Waals surface area contributed by atoms with Crippen molar-refractivity contribution >= 4 is 28.7 Å². The molecule has 0 aliphatic carbocycles. The van der Waals surface area contributed by atoms with Gasteiger partial charge in [0.15, 0.2) is 0 Å². The van der Waals surface area contributed by atoms with Gasteiger partial charge in [-0.05, 0) is 19.1 Å². The monoisotopic (exact) mass is 231 g/mol. The van der Waals surface area contributed by atoms with E-state index in [-0.39, 0.29) is 5.13 Å². The lowest BCUT2D eigenvalue weighted by atomic mass is 10.1. The fourth-order valence-electron chi connectivity index (χ4n) is 0.648. The third-order valence-electron chi connectivity index (χ3n) is 1.48. The number of nitrogens with zero attached hydrogens (tertiary/aromatic N) is 3. The summed E-state index contributed by atoms with van der Waals surface area (Å²) < 4.78 is 3.43. The Hall–Kier alpha value is -1.77. The quantitative estimate of drug-likeness (QED) is 0.669. The van der Waals surface area contributed by atoms with Gasteiger partial charge in [0.2, 0.25) is 5.13 Å². The van der Waals surface area contributed by atoms with Crippen LogP contribution in [0.1, 0.15) is 13.8 Å². The predicted molar refractivity (Wildman–Crippen MR) is 51.6 cm³/mol. The number of carbonyl (C=O) groups excluding carboxylic acids is 1. The molecule has 0 spiro atoms. The van der Waals surface area contributed by atoms with Crippen LogP contribution in [0, 0.1) is 0 Å². The first kappa shape index (κ1) is 11.3. The Balaban J connectivity index is 2.53. The second-order valence-electron chi connectivity index (χ2n) is 3.18. The molecule has 0 bridgehead atoms. The second kappa shape index (κ2) is 4.17. The van der Waals surface area contributed by atoms with Crippen LogP contribution in [0.3, 0.4) is 0 Å². The minimum Gasteiger partial charge on any atom is -0.480 e. The van der Waals surface area contributed by atoms with Gasteiger partial charge in [0, 0.05) is 11.5 Å². The van der Waals surface area contributed by atoms with Crippen LogP contribution >= 0.6 is 11.5 Å². The molecular formula is C6H9N5O3S. The molecule has 9 heteroatoms. The number of carboxylic acids is 1. The topological polar surface area (TPSA) is 117 Å². The van der Waals surface area contributed by atoms with Crippen LogP contribution in [-0.2, 0) is 4.79 Å². The van der Waals surface area contributed by atoms with Crippen molar-refractivity contribution < 1.29 is 14.7 Å². The molecule has 8 nitrogen and oxygen atoms in total. The minimum absolute atomic E-state index is 0.202. The standard InChI is InChI=1S/C6H9N5O3S/c1-6(2,3(12)13)8-4(14)7-5-9-10-11-15-5/h1-2H3,(H,12,13)(H2,7,8,9,11,14). The van der Waals surface area contributed by atoms with E-state index in [1.165, 1.54) is 13.8 Å². The highest BCUT2D eigenvalue weighted by Crippen LogP contribution is 2.06. The van der Waals surface area contributed by atoms with Crippen molar-refractivity contribution in [2.24, 2.45) is 0 Å². The van der Waals surface area contributed by atoms with Gasteiger partial charge >= 0.3 is 12.0 Å². The third kappa shape index (κ3) is 3.13. The molecule has 0 saturated carbocycles. The van der Waals surface area contributed by atoms with Crippen molar-refractivity contribution in [2.45, 2.75) is 19.4 Å². The van der Waals surface area contributed by atoms with Gasteiger partial charge in [-0.25, -0.2) is 9.59 Å². The van der Waals surface area contributed by atoms with Crippen molar-refractivity contribution in [2.75, 3.05) is 5.32 Å². The summed E-state index contributed by atoms with van der Waals surface area (Å²) in [5.74, 6) is -1.13. The molecule has 0 aromatic carbocycles. The van der Waals surface area contributed by atoms with E-state index < -0.39 is 17.5 Å². The van der Waals surface area contributed by atoms with Crippen LogP contribution in [0.25, 0.3) is 0 Å². The summed E-state index contributed by atoms with van der Waals surface area (Å²) in [5.41, 5.74) is -1.35. The first-order valence-electron chi connectivity index (χ1n) is 3.89. The van der Waals surface area contributed by atoms with Crippen LogP contribution in [-0.4, -0.2) is 37.4 Å². The number of aromatic nitrogens is 3. The van der Waals surface area contributed by atoms with Crippen LogP contribution < -0.4 is 10.6 Å². The molecule has 1 heterocycles. The molecule has 15 heavy (non-hydrogen) atoms. The highest BCUT2D eigenvalue weighted by atomic mass is 32.1. The van der Waals surface area contributed by atoms with Crippen LogP contribution in [0.5, 0.6) is 0 Å². The number of rotatable bonds is 3. The molecule has 3 N–H and O–H groups in total. The summed E-state index contributed by atoms with van der Waals surface area (Å²) in [6.45, 7) is 2.74. The maximum absolute atomic E-state index is 11.3. The van der Waals surface area contributed by atoms with E-state index in [2.05, 4.69) is 25.4 Å². The summed E-state index contributed by atoms with van der Waals surface area (Å²) in [6.07, 6.45) is 0. The minimum atomic E-state index is -1.35. The van der Waals surface area contributed by atoms with Gasteiger partial charge < -0.3 is 10.4 Å². The fourth-order valence-corrected chi connectivity index (χ4v) is 1.01. The fraction of sp³-hybridized carbons (Fsp3) is 0.500. The lowest BCUT2D eigenvalue weighted by Gasteiger charge is -2.20. The smallest absolute Gasteiger partial charge is 0.328 e. The Morgan fingerprint density at radius 1 is 1.47 bits per heavy atom.